The lowest BCUT2D eigenvalue weighted by atomic mass is 10.1. The highest BCUT2D eigenvalue weighted by Gasteiger charge is 2.02. The molecule has 1 atom stereocenters. The van der Waals surface area contributed by atoms with E-state index in [2.05, 4.69) is 11.6 Å². The number of nitrogens with zero attached hydrogens (tertiary/aromatic N) is 2. The molecule has 0 aliphatic rings. The van der Waals surface area contributed by atoms with Crippen molar-refractivity contribution in [1.29, 1.82) is 0 Å². The predicted octanol–water partition coefficient (Wildman–Crippen LogP) is 1.33. The monoisotopic (exact) mass is 177 g/mol. The Morgan fingerprint density at radius 3 is 2.62 bits per heavy atom. The summed E-state index contributed by atoms with van der Waals surface area (Å²) in [7, 11) is 3.91. The molecule has 3 nitrogen and oxygen atoms in total. The minimum absolute atomic E-state index is 0.122. The van der Waals surface area contributed by atoms with Crippen molar-refractivity contribution in [3.8, 4) is 0 Å². The Balaban J connectivity index is 2.87. The van der Waals surface area contributed by atoms with E-state index in [1.54, 1.807) is 12.3 Å². The first-order valence-corrected chi connectivity index (χ1v) is 4.16. The molecule has 0 unspecified atom stereocenters. The number of anilines is 1. The second kappa shape index (κ2) is 4.05. The van der Waals surface area contributed by atoms with Crippen molar-refractivity contribution in [3.63, 3.8) is 0 Å². The fourth-order valence-electron chi connectivity index (χ4n) is 0.995. The minimum Gasteiger partial charge on any atom is -0.363 e. The summed E-state index contributed by atoms with van der Waals surface area (Å²) in [6.45, 7) is 3.63. The third-order valence-electron chi connectivity index (χ3n) is 1.87. The zero-order valence-electron chi connectivity index (χ0n) is 8.07. The molecule has 1 rings (SSSR count). The second-order valence-corrected chi connectivity index (χ2v) is 3.11. The third-order valence-corrected chi connectivity index (χ3v) is 1.87. The normalized spacial score (nSPS) is 12.2. The second-order valence-electron chi connectivity index (χ2n) is 3.11. The van der Waals surface area contributed by atoms with E-state index in [4.69, 9.17) is 5.73 Å². The van der Waals surface area contributed by atoms with E-state index in [9.17, 15) is 0 Å². The smallest absolute Gasteiger partial charge is 0.127 e. The third kappa shape index (κ3) is 2.29. The van der Waals surface area contributed by atoms with Gasteiger partial charge in [-0.3, -0.25) is 0 Å². The number of hydrogen-bond acceptors (Lipinski definition) is 3. The van der Waals surface area contributed by atoms with Gasteiger partial charge in [0.1, 0.15) is 5.82 Å². The van der Waals surface area contributed by atoms with Gasteiger partial charge in [0.25, 0.3) is 0 Å². The van der Waals surface area contributed by atoms with Crippen molar-refractivity contribution in [2.45, 2.75) is 6.04 Å². The molecule has 2 N–H and O–H groups in total. The van der Waals surface area contributed by atoms with E-state index in [1.165, 1.54) is 0 Å². The van der Waals surface area contributed by atoms with Gasteiger partial charge in [-0.05, 0) is 11.6 Å². The number of aromatic nitrogens is 1. The lowest BCUT2D eigenvalue weighted by molar-refractivity contribution is 0.900. The fraction of sp³-hybridized carbons (Fsp3) is 0.300. The van der Waals surface area contributed by atoms with Gasteiger partial charge >= 0.3 is 0 Å². The van der Waals surface area contributed by atoms with E-state index < -0.39 is 0 Å². The molecule has 0 amide bonds. The van der Waals surface area contributed by atoms with Crippen LogP contribution < -0.4 is 10.6 Å². The minimum atomic E-state index is -0.122. The summed E-state index contributed by atoms with van der Waals surface area (Å²) < 4.78 is 0. The van der Waals surface area contributed by atoms with Gasteiger partial charge in [0, 0.05) is 26.3 Å². The fourth-order valence-corrected chi connectivity index (χ4v) is 0.995. The molecule has 0 aliphatic heterocycles. The van der Waals surface area contributed by atoms with Crippen LogP contribution in [0.4, 0.5) is 5.82 Å². The standard InChI is InChI=1S/C10H15N3/c1-4-9(11)8-5-6-10(12-7-8)13(2)3/h4-7,9H,1,11H2,2-3H3/t9-/m1/s1. The van der Waals surface area contributed by atoms with Crippen LogP contribution in [-0.2, 0) is 0 Å². The average Bonchev–Trinajstić information content (AvgIpc) is 2.17. The maximum Gasteiger partial charge on any atom is 0.127 e. The molecule has 0 spiro atoms. The van der Waals surface area contributed by atoms with Crippen molar-refractivity contribution >= 4 is 5.82 Å². The van der Waals surface area contributed by atoms with Gasteiger partial charge in [-0.1, -0.05) is 12.1 Å². The maximum absolute atomic E-state index is 5.75. The Labute approximate surface area is 78.9 Å². The van der Waals surface area contributed by atoms with E-state index >= 15 is 0 Å². The zero-order valence-corrected chi connectivity index (χ0v) is 8.07. The number of nitrogens with two attached hydrogens (primary N) is 1. The zero-order chi connectivity index (χ0) is 9.84. The molecule has 0 aliphatic carbocycles. The number of rotatable bonds is 3. The summed E-state index contributed by atoms with van der Waals surface area (Å²) in [5, 5.41) is 0. The molecule has 0 aromatic carbocycles. The SMILES string of the molecule is C=C[C@@H](N)c1ccc(N(C)C)nc1. The lowest BCUT2D eigenvalue weighted by Gasteiger charge is -2.12. The Kier molecular flexibility index (Phi) is 3.03. The van der Waals surface area contributed by atoms with Crippen molar-refractivity contribution in [2.75, 3.05) is 19.0 Å². The van der Waals surface area contributed by atoms with Gasteiger partial charge in [0.2, 0.25) is 0 Å². The van der Waals surface area contributed by atoms with Crippen LogP contribution in [0.3, 0.4) is 0 Å². The Hall–Kier alpha value is -1.35. The molecule has 70 valence electrons. The van der Waals surface area contributed by atoms with Gasteiger partial charge in [-0.25, -0.2) is 4.98 Å². The van der Waals surface area contributed by atoms with Gasteiger partial charge in [0.15, 0.2) is 0 Å². The summed E-state index contributed by atoms with van der Waals surface area (Å²) in [5.74, 6) is 0.931. The molecule has 0 saturated carbocycles. The van der Waals surface area contributed by atoms with E-state index in [-0.39, 0.29) is 6.04 Å². The molecule has 0 saturated heterocycles. The van der Waals surface area contributed by atoms with Crippen LogP contribution in [0.5, 0.6) is 0 Å². The highest BCUT2D eigenvalue weighted by atomic mass is 15.1. The molecular formula is C10H15N3. The van der Waals surface area contributed by atoms with Crippen LogP contribution in [0.15, 0.2) is 31.0 Å². The van der Waals surface area contributed by atoms with Crippen molar-refractivity contribution in [2.24, 2.45) is 5.73 Å². The number of pyridine rings is 1. The Morgan fingerprint density at radius 2 is 2.23 bits per heavy atom. The molecule has 3 heteroatoms. The highest BCUT2D eigenvalue weighted by Crippen LogP contribution is 2.13. The summed E-state index contributed by atoms with van der Waals surface area (Å²) in [6, 6.07) is 3.79. The molecule has 0 radical (unpaired) electrons. The van der Waals surface area contributed by atoms with E-state index in [0.29, 0.717) is 0 Å². The molecule has 1 aromatic rings. The van der Waals surface area contributed by atoms with Crippen LogP contribution in [-0.4, -0.2) is 19.1 Å². The van der Waals surface area contributed by atoms with Crippen molar-refractivity contribution in [3.05, 3.63) is 36.5 Å². The summed E-state index contributed by atoms with van der Waals surface area (Å²) in [4.78, 5) is 6.19. The predicted molar refractivity (Wildman–Crippen MR) is 55.7 cm³/mol. The molecule has 0 fully saturated rings. The van der Waals surface area contributed by atoms with Crippen molar-refractivity contribution in [1.82, 2.24) is 4.98 Å². The summed E-state index contributed by atoms with van der Waals surface area (Å²) >= 11 is 0. The first-order chi connectivity index (χ1) is 6.15. The Bertz CT molecular complexity index is 277. The van der Waals surface area contributed by atoms with Crippen LogP contribution >= 0.6 is 0 Å². The van der Waals surface area contributed by atoms with Crippen molar-refractivity contribution < 1.29 is 0 Å². The van der Waals surface area contributed by atoms with Gasteiger partial charge in [-0.15, -0.1) is 6.58 Å². The molecular weight excluding hydrogens is 162 g/mol. The average molecular weight is 177 g/mol. The first kappa shape index (κ1) is 9.74. The maximum atomic E-state index is 5.75. The van der Waals surface area contributed by atoms with Crippen LogP contribution in [0, 0.1) is 0 Å². The van der Waals surface area contributed by atoms with Crippen LogP contribution in [0.2, 0.25) is 0 Å². The molecule has 1 aromatic heterocycles. The Morgan fingerprint density at radius 1 is 1.54 bits per heavy atom. The topological polar surface area (TPSA) is 42.1 Å². The lowest BCUT2D eigenvalue weighted by Crippen LogP contribution is -2.12. The quantitative estimate of drug-likeness (QED) is 0.708. The molecule has 0 bridgehead atoms. The van der Waals surface area contributed by atoms with Gasteiger partial charge in [0.05, 0.1) is 0 Å². The summed E-state index contributed by atoms with van der Waals surface area (Å²) in [6.07, 6.45) is 3.48. The molecule has 13 heavy (non-hydrogen) atoms. The summed E-state index contributed by atoms with van der Waals surface area (Å²) in [5.41, 5.74) is 6.74. The first-order valence-electron chi connectivity index (χ1n) is 4.16. The largest absolute Gasteiger partial charge is 0.363 e. The highest BCUT2D eigenvalue weighted by molar-refractivity contribution is 5.38. The van der Waals surface area contributed by atoms with E-state index in [0.717, 1.165) is 11.4 Å². The van der Waals surface area contributed by atoms with Crippen LogP contribution in [0.25, 0.3) is 0 Å². The number of hydrogen-bond donors (Lipinski definition) is 1. The van der Waals surface area contributed by atoms with Crippen LogP contribution in [0.1, 0.15) is 11.6 Å². The molecule has 1 heterocycles. The van der Waals surface area contributed by atoms with Gasteiger partial charge < -0.3 is 10.6 Å². The van der Waals surface area contributed by atoms with Gasteiger partial charge in [-0.2, -0.15) is 0 Å². The van der Waals surface area contributed by atoms with E-state index in [1.807, 2.05) is 31.1 Å².